The van der Waals surface area contributed by atoms with Gasteiger partial charge in [-0.2, -0.15) is 0 Å². The maximum Gasteiger partial charge on any atom is 0.150 e. The van der Waals surface area contributed by atoms with E-state index in [9.17, 15) is 8.42 Å². The Morgan fingerprint density at radius 3 is 2.40 bits per heavy atom. The molecule has 0 N–H and O–H groups in total. The third-order valence-corrected chi connectivity index (χ3v) is 3.71. The van der Waals surface area contributed by atoms with Crippen LogP contribution in [0.2, 0.25) is 0 Å². The van der Waals surface area contributed by atoms with E-state index in [1.807, 2.05) is 6.92 Å². The highest BCUT2D eigenvalue weighted by Crippen LogP contribution is 2.30. The molecule has 0 heterocycles. The van der Waals surface area contributed by atoms with E-state index in [1.54, 1.807) is 0 Å². The minimum Gasteiger partial charge on any atom is -0.229 e. The van der Waals surface area contributed by atoms with Crippen LogP contribution in [0.3, 0.4) is 0 Å². The summed E-state index contributed by atoms with van der Waals surface area (Å²) in [4.78, 5) is 0. The Hall–Kier alpha value is -0.0500. The van der Waals surface area contributed by atoms with E-state index in [4.69, 9.17) is 0 Å². The monoisotopic (exact) mass is 162 g/mol. The molecule has 0 radical (unpaired) electrons. The summed E-state index contributed by atoms with van der Waals surface area (Å²) in [5.74, 6) is 1.33. The molecule has 3 heteroatoms. The van der Waals surface area contributed by atoms with Gasteiger partial charge in [0, 0.05) is 5.75 Å². The smallest absolute Gasteiger partial charge is 0.150 e. The first kappa shape index (κ1) is 8.05. The van der Waals surface area contributed by atoms with Crippen LogP contribution in [-0.2, 0) is 9.84 Å². The van der Waals surface area contributed by atoms with Crippen LogP contribution in [0.25, 0.3) is 0 Å². The molecule has 0 unspecified atom stereocenters. The van der Waals surface area contributed by atoms with Crippen molar-refractivity contribution in [2.75, 3.05) is 11.5 Å². The van der Waals surface area contributed by atoms with Crippen molar-refractivity contribution in [1.29, 1.82) is 0 Å². The van der Waals surface area contributed by atoms with E-state index in [0.717, 1.165) is 19.3 Å². The highest BCUT2D eigenvalue weighted by molar-refractivity contribution is 7.91. The summed E-state index contributed by atoms with van der Waals surface area (Å²) in [6, 6.07) is 0. The summed E-state index contributed by atoms with van der Waals surface area (Å²) in [5, 5.41) is 0. The molecule has 0 aliphatic heterocycles. The highest BCUT2D eigenvalue weighted by atomic mass is 32.2. The first-order valence-electron chi connectivity index (χ1n) is 3.84. The summed E-state index contributed by atoms with van der Waals surface area (Å²) >= 11 is 0. The number of hydrogen-bond acceptors (Lipinski definition) is 2. The zero-order valence-corrected chi connectivity index (χ0v) is 7.15. The third kappa shape index (κ3) is 2.69. The van der Waals surface area contributed by atoms with Gasteiger partial charge in [-0.25, -0.2) is 8.42 Å². The van der Waals surface area contributed by atoms with Crippen LogP contribution in [0.4, 0.5) is 0 Å². The lowest BCUT2D eigenvalue weighted by Crippen LogP contribution is -2.11. The molecule has 0 saturated heterocycles. The molecule has 0 bridgehead atoms. The molecule has 60 valence electrons. The molecule has 1 saturated carbocycles. The summed E-state index contributed by atoms with van der Waals surface area (Å²) in [5.41, 5.74) is 0. The molecular formula is C7H14O2S. The Kier molecular flexibility index (Phi) is 2.34. The van der Waals surface area contributed by atoms with Gasteiger partial charge in [0.05, 0.1) is 5.75 Å². The Labute approximate surface area is 62.5 Å². The zero-order chi connectivity index (χ0) is 7.61. The van der Waals surface area contributed by atoms with Crippen LogP contribution >= 0.6 is 0 Å². The summed E-state index contributed by atoms with van der Waals surface area (Å²) in [6.07, 6.45) is 3.01. The van der Waals surface area contributed by atoms with Crippen LogP contribution in [0, 0.1) is 5.92 Å². The Balaban J connectivity index is 2.34. The van der Waals surface area contributed by atoms with E-state index in [2.05, 4.69) is 0 Å². The SMILES string of the molecule is CCCS(=O)(=O)CC1CC1. The maximum absolute atomic E-state index is 11.1. The summed E-state index contributed by atoms with van der Waals surface area (Å²) in [6.45, 7) is 1.91. The first-order valence-corrected chi connectivity index (χ1v) is 5.66. The predicted molar refractivity (Wildman–Crippen MR) is 41.7 cm³/mol. The Morgan fingerprint density at radius 2 is 2.00 bits per heavy atom. The molecule has 0 spiro atoms. The van der Waals surface area contributed by atoms with Crippen molar-refractivity contribution >= 4 is 9.84 Å². The summed E-state index contributed by atoms with van der Waals surface area (Å²) in [7, 11) is -2.67. The second-order valence-corrected chi connectivity index (χ2v) is 5.29. The fourth-order valence-electron chi connectivity index (χ4n) is 1.04. The van der Waals surface area contributed by atoms with Gasteiger partial charge in [-0.1, -0.05) is 6.92 Å². The first-order chi connectivity index (χ1) is 4.64. The van der Waals surface area contributed by atoms with Crippen LogP contribution in [0.15, 0.2) is 0 Å². The Bertz CT molecular complexity index is 190. The van der Waals surface area contributed by atoms with Gasteiger partial charge in [-0.3, -0.25) is 0 Å². The lowest BCUT2D eigenvalue weighted by atomic mass is 10.5. The van der Waals surface area contributed by atoms with Crippen molar-refractivity contribution in [1.82, 2.24) is 0 Å². The molecule has 1 fully saturated rings. The lowest BCUT2D eigenvalue weighted by Gasteiger charge is -1.98. The molecule has 1 aliphatic carbocycles. The number of rotatable bonds is 4. The van der Waals surface area contributed by atoms with Gasteiger partial charge in [0.15, 0.2) is 9.84 Å². The molecule has 2 nitrogen and oxygen atoms in total. The van der Waals surface area contributed by atoms with Crippen molar-refractivity contribution in [3.8, 4) is 0 Å². The van der Waals surface area contributed by atoms with Crippen LogP contribution in [-0.4, -0.2) is 19.9 Å². The van der Waals surface area contributed by atoms with Gasteiger partial charge in [0.2, 0.25) is 0 Å². The lowest BCUT2D eigenvalue weighted by molar-refractivity contribution is 0.591. The normalized spacial score (nSPS) is 19.3. The fraction of sp³-hybridized carbons (Fsp3) is 1.00. The third-order valence-electron chi connectivity index (χ3n) is 1.70. The van der Waals surface area contributed by atoms with E-state index in [-0.39, 0.29) is 0 Å². The quantitative estimate of drug-likeness (QED) is 0.623. The topological polar surface area (TPSA) is 34.1 Å². The highest BCUT2D eigenvalue weighted by Gasteiger charge is 2.27. The second-order valence-electron chi connectivity index (χ2n) is 3.06. The number of hydrogen-bond donors (Lipinski definition) is 0. The molecule has 10 heavy (non-hydrogen) atoms. The Morgan fingerprint density at radius 1 is 1.40 bits per heavy atom. The van der Waals surface area contributed by atoms with Crippen molar-refractivity contribution in [2.45, 2.75) is 26.2 Å². The minimum absolute atomic E-state index is 0.378. The maximum atomic E-state index is 11.1. The zero-order valence-electron chi connectivity index (χ0n) is 6.34. The van der Waals surface area contributed by atoms with E-state index < -0.39 is 9.84 Å². The molecule has 0 amide bonds. The van der Waals surface area contributed by atoms with Crippen LogP contribution in [0.1, 0.15) is 26.2 Å². The molecule has 1 rings (SSSR count). The van der Waals surface area contributed by atoms with Crippen molar-refractivity contribution < 1.29 is 8.42 Å². The minimum atomic E-state index is -2.67. The van der Waals surface area contributed by atoms with E-state index in [1.165, 1.54) is 0 Å². The molecule has 0 aromatic heterocycles. The molecule has 0 aromatic rings. The predicted octanol–water partition coefficient (Wildman–Crippen LogP) is 1.22. The van der Waals surface area contributed by atoms with Gasteiger partial charge in [-0.15, -0.1) is 0 Å². The largest absolute Gasteiger partial charge is 0.229 e. The summed E-state index contributed by atoms with van der Waals surface area (Å²) < 4.78 is 22.2. The van der Waals surface area contributed by atoms with Gasteiger partial charge in [0.25, 0.3) is 0 Å². The standard InChI is InChI=1S/C7H14O2S/c1-2-5-10(8,9)6-7-3-4-7/h7H,2-6H2,1H3. The average Bonchev–Trinajstić information content (AvgIpc) is 2.48. The van der Waals surface area contributed by atoms with E-state index >= 15 is 0 Å². The number of sulfone groups is 1. The van der Waals surface area contributed by atoms with E-state index in [0.29, 0.717) is 17.4 Å². The van der Waals surface area contributed by atoms with Gasteiger partial charge in [-0.05, 0) is 25.2 Å². The van der Waals surface area contributed by atoms with Crippen LogP contribution < -0.4 is 0 Å². The van der Waals surface area contributed by atoms with Crippen molar-refractivity contribution in [2.24, 2.45) is 5.92 Å². The molecule has 1 aliphatic rings. The van der Waals surface area contributed by atoms with Crippen LogP contribution in [0.5, 0.6) is 0 Å². The fourth-order valence-corrected chi connectivity index (χ4v) is 2.88. The second kappa shape index (κ2) is 2.91. The molecular weight excluding hydrogens is 148 g/mol. The average molecular weight is 162 g/mol. The van der Waals surface area contributed by atoms with Gasteiger partial charge < -0.3 is 0 Å². The molecule has 0 aromatic carbocycles. The van der Waals surface area contributed by atoms with Gasteiger partial charge >= 0.3 is 0 Å². The van der Waals surface area contributed by atoms with Gasteiger partial charge in [0.1, 0.15) is 0 Å². The van der Waals surface area contributed by atoms with Crippen molar-refractivity contribution in [3.63, 3.8) is 0 Å². The van der Waals surface area contributed by atoms with Crippen molar-refractivity contribution in [3.05, 3.63) is 0 Å². The molecule has 0 atom stereocenters.